The number of H-pyrrole nitrogens is 1. The first-order valence-electron chi connectivity index (χ1n) is 6.33. The van der Waals surface area contributed by atoms with E-state index >= 15 is 0 Å². The fourth-order valence-corrected chi connectivity index (χ4v) is 3.38. The predicted molar refractivity (Wildman–Crippen MR) is 80.4 cm³/mol. The Balaban J connectivity index is 2.15. The average Bonchev–Trinajstić information content (AvgIpc) is 2.69. The maximum absolute atomic E-state index is 3.61. The minimum atomic E-state index is 0.522. The van der Waals surface area contributed by atoms with Crippen LogP contribution >= 0.6 is 22.6 Å². The predicted octanol–water partition coefficient (Wildman–Crippen LogP) is 3.76. The Kier molecular flexibility index (Phi) is 3.13. The number of halogens is 1. The van der Waals surface area contributed by atoms with Crippen molar-refractivity contribution in [1.82, 2.24) is 10.3 Å². The fourth-order valence-electron chi connectivity index (χ4n) is 2.89. The number of aryl methyl sites for hydroxylation is 1. The molecule has 0 radical (unpaired) electrons. The lowest BCUT2D eigenvalue weighted by Gasteiger charge is -2.23. The van der Waals surface area contributed by atoms with E-state index in [9.17, 15) is 0 Å². The summed E-state index contributed by atoms with van der Waals surface area (Å²) in [6, 6.07) is 7.21. The molecule has 2 N–H and O–H groups in total. The molecule has 2 aromatic rings. The van der Waals surface area contributed by atoms with Crippen molar-refractivity contribution in [3.05, 3.63) is 33.0 Å². The van der Waals surface area contributed by atoms with Crippen molar-refractivity contribution >= 4 is 33.5 Å². The summed E-state index contributed by atoms with van der Waals surface area (Å²) in [7, 11) is 0. The van der Waals surface area contributed by atoms with Crippen LogP contribution in [0.3, 0.4) is 0 Å². The van der Waals surface area contributed by atoms with Crippen LogP contribution in [0.5, 0.6) is 0 Å². The Morgan fingerprint density at radius 1 is 1.47 bits per heavy atom. The van der Waals surface area contributed by atoms with Gasteiger partial charge in [0.05, 0.1) is 0 Å². The number of rotatable bonds is 2. The SMILES string of the molecule is CCNC1CCCc2c1[nH]c1ccc(I)cc21. The van der Waals surface area contributed by atoms with Crippen molar-refractivity contribution in [2.24, 2.45) is 0 Å². The molecule has 17 heavy (non-hydrogen) atoms. The second-order valence-corrected chi connectivity index (χ2v) is 5.96. The van der Waals surface area contributed by atoms with Crippen LogP contribution in [-0.2, 0) is 6.42 Å². The molecule has 0 saturated carbocycles. The van der Waals surface area contributed by atoms with Gasteiger partial charge in [0.15, 0.2) is 0 Å². The van der Waals surface area contributed by atoms with Gasteiger partial charge in [-0.2, -0.15) is 0 Å². The monoisotopic (exact) mass is 340 g/mol. The molecule has 1 aromatic heterocycles. The van der Waals surface area contributed by atoms with Crippen molar-refractivity contribution in [3.8, 4) is 0 Å². The van der Waals surface area contributed by atoms with E-state index in [1.165, 1.54) is 45.0 Å². The lowest BCUT2D eigenvalue weighted by molar-refractivity contribution is 0.465. The van der Waals surface area contributed by atoms with Gasteiger partial charge >= 0.3 is 0 Å². The van der Waals surface area contributed by atoms with Gasteiger partial charge in [0.25, 0.3) is 0 Å². The van der Waals surface area contributed by atoms with Crippen LogP contribution in [0.4, 0.5) is 0 Å². The van der Waals surface area contributed by atoms with Crippen molar-refractivity contribution in [2.45, 2.75) is 32.2 Å². The molecule has 3 heteroatoms. The van der Waals surface area contributed by atoms with Crippen molar-refractivity contribution < 1.29 is 0 Å². The average molecular weight is 340 g/mol. The zero-order valence-corrected chi connectivity index (χ0v) is 12.2. The van der Waals surface area contributed by atoms with E-state index in [0.717, 1.165) is 6.54 Å². The van der Waals surface area contributed by atoms with E-state index in [2.05, 4.69) is 58.0 Å². The van der Waals surface area contributed by atoms with Crippen LogP contribution in [0, 0.1) is 3.57 Å². The van der Waals surface area contributed by atoms with Crippen LogP contribution < -0.4 is 5.32 Å². The highest BCUT2D eigenvalue weighted by atomic mass is 127. The Bertz CT molecular complexity index is 544. The highest BCUT2D eigenvalue weighted by Gasteiger charge is 2.23. The Morgan fingerprint density at radius 2 is 2.35 bits per heavy atom. The van der Waals surface area contributed by atoms with Gasteiger partial charge in [0.2, 0.25) is 0 Å². The second kappa shape index (κ2) is 4.61. The molecule has 3 rings (SSSR count). The van der Waals surface area contributed by atoms with Gasteiger partial charge in [0.1, 0.15) is 0 Å². The van der Waals surface area contributed by atoms with Crippen molar-refractivity contribution in [1.29, 1.82) is 0 Å². The number of hydrogen-bond acceptors (Lipinski definition) is 1. The summed E-state index contributed by atoms with van der Waals surface area (Å²) in [4.78, 5) is 3.61. The number of aromatic nitrogens is 1. The lowest BCUT2D eigenvalue weighted by Crippen LogP contribution is -2.24. The molecule has 1 aliphatic rings. The third-order valence-corrected chi connectivity index (χ3v) is 4.29. The topological polar surface area (TPSA) is 27.8 Å². The molecule has 1 aliphatic carbocycles. The van der Waals surface area contributed by atoms with Crippen molar-refractivity contribution in [3.63, 3.8) is 0 Å². The van der Waals surface area contributed by atoms with Crippen LogP contribution in [0.1, 0.15) is 37.1 Å². The molecule has 1 aromatic carbocycles. The molecular weight excluding hydrogens is 323 g/mol. The Hall–Kier alpha value is -0.550. The highest BCUT2D eigenvalue weighted by molar-refractivity contribution is 14.1. The molecule has 1 heterocycles. The molecule has 0 bridgehead atoms. The van der Waals surface area contributed by atoms with Crippen LogP contribution in [0.2, 0.25) is 0 Å². The van der Waals surface area contributed by atoms with Crippen LogP contribution in [0.15, 0.2) is 18.2 Å². The molecule has 1 unspecified atom stereocenters. The van der Waals surface area contributed by atoms with E-state index in [1.807, 2.05) is 0 Å². The third kappa shape index (κ3) is 1.99. The molecule has 0 amide bonds. The van der Waals surface area contributed by atoms with E-state index in [4.69, 9.17) is 0 Å². The molecule has 0 spiro atoms. The maximum Gasteiger partial charge on any atom is 0.0476 e. The molecule has 0 aliphatic heterocycles. The zero-order valence-electron chi connectivity index (χ0n) is 10.0. The Labute approximate surface area is 115 Å². The summed E-state index contributed by atoms with van der Waals surface area (Å²) < 4.78 is 1.32. The molecule has 90 valence electrons. The summed E-state index contributed by atoms with van der Waals surface area (Å²) in [6.45, 7) is 3.22. The highest BCUT2D eigenvalue weighted by Crippen LogP contribution is 2.35. The van der Waals surface area contributed by atoms with Gasteiger partial charge in [-0.1, -0.05) is 6.92 Å². The fraction of sp³-hybridized carbons (Fsp3) is 0.429. The summed E-state index contributed by atoms with van der Waals surface area (Å²) in [5, 5.41) is 5.01. The smallest absolute Gasteiger partial charge is 0.0476 e. The Morgan fingerprint density at radius 3 is 3.18 bits per heavy atom. The summed E-state index contributed by atoms with van der Waals surface area (Å²) in [6.07, 6.45) is 3.77. The minimum Gasteiger partial charge on any atom is -0.357 e. The summed E-state index contributed by atoms with van der Waals surface area (Å²) in [5.41, 5.74) is 4.26. The van der Waals surface area contributed by atoms with E-state index in [-0.39, 0.29) is 0 Å². The molecule has 2 nitrogen and oxygen atoms in total. The number of benzene rings is 1. The first-order valence-corrected chi connectivity index (χ1v) is 7.41. The normalized spacial score (nSPS) is 19.5. The van der Waals surface area contributed by atoms with Gasteiger partial charge in [-0.05, 0) is 72.2 Å². The lowest BCUT2D eigenvalue weighted by atomic mass is 9.92. The van der Waals surface area contributed by atoms with Gasteiger partial charge in [-0.3, -0.25) is 0 Å². The zero-order chi connectivity index (χ0) is 11.8. The van der Waals surface area contributed by atoms with Gasteiger partial charge in [-0.25, -0.2) is 0 Å². The van der Waals surface area contributed by atoms with Gasteiger partial charge < -0.3 is 10.3 Å². The number of aromatic amines is 1. The third-order valence-electron chi connectivity index (χ3n) is 3.62. The quantitative estimate of drug-likeness (QED) is 0.801. The number of nitrogens with one attached hydrogen (secondary N) is 2. The minimum absolute atomic E-state index is 0.522. The van der Waals surface area contributed by atoms with E-state index in [1.54, 1.807) is 0 Å². The molecule has 1 atom stereocenters. The van der Waals surface area contributed by atoms with E-state index < -0.39 is 0 Å². The van der Waals surface area contributed by atoms with Crippen LogP contribution in [0.25, 0.3) is 10.9 Å². The molecular formula is C14H17IN2. The standard InChI is InChI=1S/C14H17IN2/c1-2-16-13-5-3-4-10-11-8-9(15)6-7-12(11)17-14(10)13/h6-8,13,16-17H,2-5H2,1H3. The summed E-state index contributed by atoms with van der Waals surface area (Å²) >= 11 is 2.39. The van der Waals surface area contributed by atoms with E-state index in [0.29, 0.717) is 6.04 Å². The molecule has 0 fully saturated rings. The van der Waals surface area contributed by atoms with Gasteiger partial charge in [-0.15, -0.1) is 0 Å². The maximum atomic E-state index is 3.61. The van der Waals surface area contributed by atoms with Crippen molar-refractivity contribution in [2.75, 3.05) is 6.54 Å². The first-order chi connectivity index (χ1) is 8.29. The first kappa shape index (κ1) is 11.5. The summed E-state index contributed by atoms with van der Waals surface area (Å²) in [5.74, 6) is 0. The second-order valence-electron chi connectivity index (χ2n) is 4.71. The molecule has 0 saturated heterocycles. The number of fused-ring (bicyclic) bond motifs is 3. The largest absolute Gasteiger partial charge is 0.357 e. The number of hydrogen-bond donors (Lipinski definition) is 2. The van der Waals surface area contributed by atoms with Gasteiger partial charge in [0, 0.05) is 26.2 Å². The van der Waals surface area contributed by atoms with Crippen LogP contribution in [-0.4, -0.2) is 11.5 Å².